The molecule has 0 radical (unpaired) electrons. The molecule has 8 nitrogen and oxygen atoms in total. The van der Waals surface area contributed by atoms with Crippen LogP contribution in [0.5, 0.6) is 0 Å². The molecule has 0 aromatic heterocycles. The molecule has 2 aliphatic heterocycles. The fourth-order valence-electron chi connectivity index (χ4n) is 2.89. The first-order valence-electron chi connectivity index (χ1n) is 8.31. The Kier molecular flexibility index (Phi) is 7.64. The van der Waals surface area contributed by atoms with Gasteiger partial charge in [0.25, 0.3) is 0 Å². The third-order valence-electron chi connectivity index (χ3n) is 4.11. The van der Waals surface area contributed by atoms with Crippen LogP contribution < -0.4 is 16.0 Å². The van der Waals surface area contributed by atoms with Gasteiger partial charge in [0.15, 0.2) is 0 Å². The largest absolute Gasteiger partial charge is 0.481 e. The van der Waals surface area contributed by atoms with Crippen molar-refractivity contribution >= 4 is 29.7 Å². The van der Waals surface area contributed by atoms with E-state index in [4.69, 9.17) is 9.84 Å². The van der Waals surface area contributed by atoms with Crippen molar-refractivity contribution < 1.29 is 24.2 Å². The van der Waals surface area contributed by atoms with Gasteiger partial charge in [0.2, 0.25) is 5.91 Å². The van der Waals surface area contributed by atoms with E-state index in [0.717, 1.165) is 25.0 Å². The van der Waals surface area contributed by atoms with Crippen molar-refractivity contribution in [3.05, 3.63) is 0 Å². The summed E-state index contributed by atoms with van der Waals surface area (Å²) < 4.78 is 5.10. The van der Waals surface area contributed by atoms with E-state index in [2.05, 4.69) is 16.0 Å². The van der Waals surface area contributed by atoms with E-state index < -0.39 is 5.97 Å². The quantitative estimate of drug-likeness (QED) is 0.312. The summed E-state index contributed by atoms with van der Waals surface area (Å²) in [5, 5.41) is 17.5. The molecular formula is C15H25N3O5S. The molecule has 136 valence electrons. The molecule has 0 aliphatic carbocycles. The highest BCUT2D eigenvalue weighted by molar-refractivity contribution is 8.00. The zero-order valence-corrected chi connectivity index (χ0v) is 14.4. The first-order valence-corrected chi connectivity index (χ1v) is 9.36. The number of thioether (sulfide) groups is 1. The van der Waals surface area contributed by atoms with Crippen molar-refractivity contribution in [2.75, 3.05) is 25.5 Å². The van der Waals surface area contributed by atoms with E-state index >= 15 is 0 Å². The first kappa shape index (κ1) is 18.9. The van der Waals surface area contributed by atoms with Gasteiger partial charge in [0.1, 0.15) is 0 Å². The van der Waals surface area contributed by atoms with Crippen LogP contribution in [0.2, 0.25) is 0 Å². The zero-order chi connectivity index (χ0) is 17.4. The molecule has 0 saturated carbocycles. The number of amides is 3. The Morgan fingerprint density at radius 2 is 2.08 bits per heavy atom. The summed E-state index contributed by atoms with van der Waals surface area (Å²) in [6.45, 7) is 0.893. The highest BCUT2D eigenvalue weighted by Gasteiger charge is 2.42. The molecule has 2 aliphatic rings. The van der Waals surface area contributed by atoms with Gasteiger partial charge in [-0.25, -0.2) is 4.79 Å². The van der Waals surface area contributed by atoms with Crippen molar-refractivity contribution in [2.24, 2.45) is 0 Å². The molecule has 2 saturated heterocycles. The molecule has 9 heteroatoms. The number of hydrogen-bond acceptors (Lipinski definition) is 5. The number of nitrogens with one attached hydrogen (secondary N) is 3. The van der Waals surface area contributed by atoms with Gasteiger partial charge in [-0.05, 0) is 12.8 Å². The van der Waals surface area contributed by atoms with Crippen molar-refractivity contribution in [1.82, 2.24) is 16.0 Å². The van der Waals surface area contributed by atoms with E-state index in [1.165, 1.54) is 0 Å². The molecule has 0 aromatic rings. The number of carbonyl (C=O) groups excluding carboxylic acids is 2. The van der Waals surface area contributed by atoms with Gasteiger partial charge in [0, 0.05) is 24.0 Å². The summed E-state index contributed by atoms with van der Waals surface area (Å²) in [6, 6.07) is 0.399. The molecule has 0 bridgehead atoms. The number of ether oxygens (including phenoxy) is 1. The fourth-order valence-corrected chi connectivity index (χ4v) is 4.43. The Morgan fingerprint density at radius 1 is 1.25 bits per heavy atom. The maximum absolute atomic E-state index is 11.7. The number of unbranched alkanes of at least 4 members (excludes halogenated alkanes) is 1. The molecule has 0 spiro atoms. The molecule has 4 N–H and O–H groups in total. The third kappa shape index (κ3) is 6.20. The fraction of sp³-hybridized carbons (Fsp3) is 0.800. The number of urea groups is 1. The molecule has 3 amide bonds. The van der Waals surface area contributed by atoms with E-state index in [-0.39, 0.29) is 37.0 Å². The lowest BCUT2D eigenvalue weighted by molar-refractivity contribution is -0.138. The minimum atomic E-state index is -0.890. The summed E-state index contributed by atoms with van der Waals surface area (Å²) >= 11 is 1.88. The Hall–Kier alpha value is -1.48. The van der Waals surface area contributed by atoms with Crippen LogP contribution in [0.4, 0.5) is 4.79 Å². The second-order valence-corrected chi connectivity index (χ2v) is 7.25. The van der Waals surface area contributed by atoms with Crippen molar-refractivity contribution in [2.45, 2.75) is 49.4 Å². The number of aliphatic carboxylic acids is 1. The van der Waals surface area contributed by atoms with Crippen LogP contribution in [0.1, 0.15) is 32.1 Å². The monoisotopic (exact) mass is 359 g/mol. The van der Waals surface area contributed by atoms with Crippen LogP contribution in [0.3, 0.4) is 0 Å². The number of fused-ring (bicyclic) bond motifs is 1. The Labute approximate surface area is 145 Å². The lowest BCUT2D eigenvalue weighted by Gasteiger charge is -2.16. The van der Waals surface area contributed by atoms with Crippen LogP contribution in [0.25, 0.3) is 0 Å². The normalized spacial score (nSPS) is 25.0. The van der Waals surface area contributed by atoms with Crippen LogP contribution in [0, 0.1) is 0 Å². The lowest BCUT2D eigenvalue weighted by atomic mass is 10.0. The summed E-state index contributed by atoms with van der Waals surface area (Å²) in [4.78, 5) is 33.3. The van der Waals surface area contributed by atoms with E-state index in [0.29, 0.717) is 24.8 Å². The average molecular weight is 359 g/mol. The molecule has 2 fully saturated rings. The highest BCUT2D eigenvalue weighted by atomic mass is 32.2. The van der Waals surface area contributed by atoms with E-state index in [9.17, 15) is 14.4 Å². The Bertz CT molecular complexity index is 462. The van der Waals surface area contributed by atoms with Crippen LogP contribution in [-0.4, -0.2) is 65.9 Å². The summed E-state index contributed by atoms with van der Waals surface area (Å²) in [6.07, 6.45) is 3.23. The molecule has 2 rings (SSSR count). The van der Waals surface area contributed by atoms with Gasteiger partial charge in [-0.2, -0.15) is 11.8 Å². The van der Waals surface area contributed by atoms with Gasteiger partial charge in [-0.3, -0.25) is 9.59 Å². The predicted molar refractivity (Wildman–Crippen MR) is 90.0 cm³/mol. The maximum atomic E-state index is 11.7. The smallest absolute Gasteiger partial charge is 0.315 e. The number of hydrogen-bond donors (Lipinski definition) is 4. The van der Waals surface area contributed by atoms with Gasteiger partial charge >= 0.3 is 12.0 Å². The molecule has 0 aromatic carbocycles. The van der Waals surface area contributed by atoms with Gasteiger partial charge in [0.05, 0.1) is 31.7 Å². The summed E-state index contributed by atoms with van der Waals surface area (Å²) in [7, 11) is 0. The van der Waals surface area contributed by atoms with Crippen molar-refractivity contribution in [3.63, 3.8) is 0 Å². The van der Waals surface area contributed by atoms with Gasteiger partial charge in [-0.15, -0.1) is 0 Å². The number of carboxylic acid groups (broad SMARTS) is 1. The number of carbonyl (C=O) groups is 3. The summed E-state index contributed by atoms with van der Waals surface area (Å²) in [5.74, 6) is 0.0551. The average Bonchev–Trinajstić information content (AvgIpc) is 3.06. The van der Waals surface area contributed by atoms with E-state index in [1.54, 1.807) is 0 Å². The topological polar surface area (TPSA) is 117 Å². The Morgan fingerprint density at radius 3 is 2.88 bits per heavy atom. The van der Waals surface area contributed by atoms with Crippen LogP contribution >= 0.6 is 11.8 Å². The van der Waals surface area contributed by atoms with E-state index in [1.807, 2.05) is 11.8 Å². The minimum absolute atomic E-state index is 0.00961. The van der Waals surface area contributed by atoms with Crippen molar-refractivity contribution in [3.8, 4) is 0 Å². The SMILES string of the molecule is O=C(O)CCOCCNC(=O)CCCCC1SCC2NC(=O)NC21. The number of carboxylic acids is 1. The van der Waals surface area contributed by atoms with Crippen LogP contribution in [0.15, 0.2) is 0 Å². The van der Waals surface area contributed by atoms with Crippen molar-refractivity contribution in [1.29, 1.82) is 0 Å². The zero-order valence-electron chi connectivity index (χ0n) is 13.6. The van der Waals surface area contributed by atoms with Gasteiger partial charge < -0.3 is 25.8 Å². The third-order valence-corrected chi connectivity index (χ3v) is 5.62. The molecular weight excluding hydrogens is 334 g/mol. The number of rotatable bonds is 11. The highest BCUT2D eigenvalue weighted by Crippen LogP contribution is 2.33. The molecule has 24 heavy (non-hydrogen) atoms. The predicted octanol–water partition coefficient (Wildman–Crippen LogP) is 0.320. The second-order valence-electron chi connectivity index (χ2n) is 5.97. The standard InChI is InChI=1S/C15H25N3O5S/c19-12(16-6-8-23-7-5-13(20)21)4-2-1-3-11-14-10(9-24-11)17-15(22)18-14/h10-11,14H,1-9H2,(H,16,19)(H,20,21)(H2,17,18,22). The minimum Gasteiger partial charge on any atom is -0.481 e. The summed E-state index contributed by atoms with van der Waals surface area (Å²) in [5.41, 5.74) is 0. The maximum Gasteiger partial charge on any atom is 0.315 e. The lowest BCUT2D eigenvalue weighted by Crippen LogP contribution is -2.36. The molecule has 3 unspecified atom stereocenters. The van der Waals surface area contributed by atoms with Gasteiger partial charge in [-0.1, -0.05) is 6.42 Å². The second kappa shape index (κ2) is 9.73. The molecule has 2 heterocycles. The van der Waals surface area contributed by atoms with Crippen LogP contribution in [-0.2, 0) is 14.3 Å². The Balaban J connectivity index is 1.45. The first-order chi connectivity index (χ1) is 11.6. The molecule has 3 atom stereocenters.